The number of aromatic nitrogens is 3. The summed E-state index contributed by atoms with van der Waals surface area (Å²) in [5.74, 6) is 0.638. The van der Waals surface area contributed by atoms with Crippen molar-refractivity contribution in [3.05, 3.63) is 18.0 Å². The number of rotatable bonds is 1. The Labute approximate surface area is 75.1 Å². The van der Waals surface area contributed by atoms with Gasteiger partial charge in [0.15, 0.2) is 5.65 Å². The molecule has 0 unspecified atom stereocenters. The van der Waals surface area contributed by atoms with Gasteiger partial charge in [-0.25, -0.2) is 4.98 Å². The molecule has 0 fully saturated rings. The van der Waals surface area contributed by atoms with Gasteiger partial charge in [-0.1, -0.05) is 0 Å². The Morgan fingerprint density at radius 1 is 1.54 bits per heavy atom. The van der Waals surface area contributed by atoms with Crippen LogP contribution >= 0.6 is 0 Å². The molecule has 0 saturated heterocycles. The van der Waals surface area contributed by atoms with Gasteiger partial charge in [0.25, 0.3) is 0 Å². The monoisotopic (exact) mass is 178 g/mol. The van der Waals surface area contributed by atoms with Crippen molar-refractivity contribution in [3.8, 4) is 5.88 Å². The molecule has 13 heavy (non-hydrogen) atoms. The van der Waals surface area contributed by atoms with Crippen LogP contribution in [0, 0.1) is 6.92 Å². The van der Waals surface area contributed by atoms with E-state index in [-0.39, 0.29) is 0 Å². The van der Waals surface area contributed by atoms with Gasteiger partial charge in [0.2, 0.25) is 5.88 Å². The third kappa shape index (κ3) is 1.09. The maximum Gasteiger partial charge on any atom is 0.218 e. The number of nitrogen functional groups attached to an aromatic ring is 1. The van der Waals surface area contributed by atoms with Crippen molar-refractivity contribution in [1.82, 2.24) is 14.6 Å². The quantitative estimate of drug-likeness (QED) is 0.695. The zero-order valence-corrected chi connectivity index (χ0v) is 7.48. The van der Waals surface area contributed by atoms with Crippen LogP contribution in [0.2, 0.25) is 0 Å². The highest BCUT2D eigenvalue weighted by Gasteiger charge is 2.07. The first-order valence-electron chi connectivity index (χ1n) is 3.87. The predicted octanol–water partition coefficient (Wildman–Crippen LogP) is 0.629. The first-order chi connectivity index (χ1) is 6.22. The van der Waals surface area contributed by atoms with Crippen molar-refractivity contribution < 1.29 is 4.74 Å². The van der Waals surface area contributed by atoms with Crippen LogP contribution in [0.5, 0.6) is 5.88 Å². The number of nitrogens with two attached hydrogens (primary N) is 1. The lowest BCUT2D eigenvalue weighted by atomic mass is 10.4. The lowest BCUT2D eigenvalue weighted by Gasteiger charge is -2.03. The standard InChI is InChI=1S/C8H10N4O/c1-5-3-7(13-2)12-8(11-5)6(9)4-10-12/h3-4H,9H2,1-2H3. The molecule has 2 heterocycles. The first kappa shape index (κ1) is 7.85. The van der Waals surface area contributed by atoms with E-state index in [2.05, 4.69) is 10.1 Å². The molecule has 0 radical (unpaired) electrons. The average Bonchev–Trinajstić information content (AvgIpc) is 2.47. The van der Waals surface area contributed by atoms with Crippen LogP contribution in [0.15, 0.2) is 12.3 Å². The average molecular weight is 178 g/mol. The van der Waals surface area contributed by atoms with E-state index < -0.39 is 0 Å². The summed E-state index contributed by atoms with van der Waals surface area (Å²) in [5, 5.41) is 4.03. The summed E-state index contributed by atoms with van der Waals surface area (Å²) < 4.78 is 6.70. The van der Waals surface area contributed by atoms with Crippen molar-refractivity contribution in [2.75, 3.05) is 12.8 Å². The van der Waals surface area contributed by atoms with Gasteiger partial charge in [-0.3, -0.25) is 0 Å². The number of hydrogen-bond acceptors (Lipinski definition) is 4. The molecule has 0 bridgehead atoms. The summed E-state index contributed by atoms with van der Waals surface area (Å²) in [4.78, 5) is 4.24. The molecule has 2 rings (SSSR count). The smallest absolute Gasteiger partial charge is 0.218 e. The minimum absolute atomic E-state index is 0.557. The molecule has 2 aromatic heterocycles. The molecule has 2 aromatic rings. The normalized spacial score (nSPS) is 10.6. The van der Waals surface area contributed by atoms with Crippen LogP contribution in [0.4, 0.5) is 5.69 Å². The SMILES string of the molecule is COc1cc(C)nc2c(N)cnn12. The van der Waals surface area contributed by atoms with Crippen molar-refractivity contribution in [3.63, 3.8) is 0 Å². The Balaban J connectivity index is 2.84. The van der Waals surface area contributed by atoms with Crippen LogP contribution in [0.1, 0.15) is 5.69 Å². The van der Waals surface area contributed by atoms with Gasteiger partial charge in [0.05, 0.1) is 19.0 Å². The highest BCUT2D eigenvalue weighted by Crippen LogP contribution is 2.17. The van der Waals surface area contributed by atoms with Crippen LogP contribution in [-0.4, -0.2) is 21.7 Å². The van der Waals surface area contributed by atoms with Gasteiger partial charge < -0.3 is 10.5 Å². The van der Waals surface area contributed by atoms with Gasteiger partial charge >= 0.3 is 0 Å². The maximum atomic E-state index is 5.67. The zero-order chi connectivity index (χ0) is 9.42. The van der Waals surface area contributed by atoms with E-state index >= 15 is 0 Å². The largest absolute Gasteiger partial charge is 0.481 e. The van der Waals surface area contributed by atoms with Crippen molar-refractivity contribution >= 4 is 11.3 Å². The highest BCUT2D eigenvalue weighted by atomic mass is 16.5. The molecule has 5 heteroatoms. The lowest BCUT2D eigenvalue weighted by molar-refractivity contribution is 0.384. The van der Waals surface area contributed by atoms with Crippen LogP contribution in [0.25, 0.3) is 5.65 Å². The predicted molar refractivity (Wildman–Crippen MR) is 48.7 cm³/mol. The molecule has 0 saturated carbocycles. The van der Waals surface area contributed by atoms with E-state index in [0.29, 0.717) is 17.2 Å². The van der Waals surface area contributed by atoms with E-state index in [0.717, 1.165) is 5.69 Å². The van der Waals surface area contributed by atoms with Gasteiger partial charge in [-0.2, -0.15) is 9.61 Å². The Bertz CT molecular complexity index is 449. The Morgan fingerprint density at radius 2 is 2.31 bits per heavy atom. The number of methoxy groups -OCH3 is 1. The molecule has 0 aliphatic rings. The summed E-state index contributed by atoms with van der Waals surface area (Å²) in [7, 11) is 1.59. The number of hydrogen-bond donors (Lipinski definition) is 1. The van der Waals surface area contributed by atoms with Gasteiger partial charge in [0.1, 0.15) is 0 Å². The molecule has 2 N–H and O–H groups in total. The molecule has 0 atom stereocenters. The van der Waals surface area contributed by atoms with Crippen molar-refractivity contribution in [2.45, 2.75) is 6.92 Å². The fourth-order valence-electron chi connectivity index (χ4n) is 1.21. The fraction of sp³-hybridized carbons (Fsp3) is 0.250. The summed E-state index contributed by atoms with van der Waals surface area (Å²) in [5.41, 5.74) is 7.72. The van der Waals surface area contributed by atoms with E-state index in [4.69, 9.17) is 10.5 Å². The molecular formula is C8H10N4O. The molecule has 5 nitrogen and oxygen atoms in total. The molecule has 68 valence electrons. The van der Waals surface area contributed by atoms with E-state index in [1.807, 2.05) is 6.92 Å². The van der Waals surface area contributed by atoms with Gasteiger partial charge in [-0.05, 0) is 6.92 Å². The number of aryl methyl sites for hydroxylation is 1. The summed E-state index contributed by atoms with van der Waals surface area (Å²) in [6.07, 6.45) is 1.56. The minimum Gasteiger partial charge on any atom is -0.481 e. The Morgan fingerprint density at radius 3 is 3.00 bits per heavy atom. The number of fused-ring (bicyclic) bond motifs is 1. The number of anilines is 1. The second-order valence-corrected chi connectivity index (χ2v) is 2.78. The van der Waals surface area contributed by atoms with E-state index in [1.165, 1.54) is 0 Å². The fourth-order valence-corrected chi connectivity index (χ4v) is 1.21. The summed E-state index contributed by atoms with van der Waals surface area (Å²) in [6, 6.07) is 1.80. The summed E-state index contributed by atoms with van der Waals surface area (Å²) in [6.45, 7) is 1.88. The van der Waals surface area contributed by atoms with Crippen LogP contribution in [0.3, 0.4) is 0 Å². The summed E-state index contributed by atoms with van der Waals surface area (Å²) >= 11 is 0. The highest BCUT2D eigenvalue weighted by molar-refractivity contribution is 5.64. The Kier molecular flexibility index (Phi) is 1.58. The molecule has 0 aliphatic heterocycles. The third-order valence-corrected chi connectivity index (χ3v) is 1.80. The zero-order valence-electron chi connectivity index (χ0n) is 7.48. The maximum absolute atomic E-state index is 5.67. The minimum atomic E-state index is 0.557. The lowest BCUT2D eigenvalue weighted by Crippen LogP contribution is -1.99. The van der Waals surface area contributed by atoms with Gasteiger partial charge in [0, 0.05) is 11.8 Å². The first-order valence-corrected chi connectivity index (χ1v) is 3.87. The molecule has 0 aliphatic carbocycles. The van der Waals surface area contributed by atoms with Crippen LogP contribution in [-0.2, 0) is 0 Å². The second kappa shape index (κ2) is 2.62. The van der Waals surface area contributed by atoms with Crippen molar-refractivity contribution in [1.29, 1.82) is 0 Å². The third-order valence-electron chi connectivity index (χ3n) is 1.80. The number of nitrogens with zero attached hydrogens (tertiary/aromatic N) is 3. The molecule has 0 amide bonds. The van der Waals surface area contributed by atoms with E-state index in [9.17, 15) is 0 Å². The topological polar surface area (TPSA) is 65.4 Å². The Hall–Kier alpha value is -1.78. The van der Waals surface area contributed by atoms with Crippen molar-refractivity contribution in [2.24, 2.45) is 0 Å². The molecule has 0 spiro atoms. The molecule has 0 aromatic carbocycles. The molecular weight excluding hydrogens is 168 g/mol. The van der Waals surface area contributed by atoms with Gasteiger partial charge in [-0.15, -0.1) is 0 Å². The van der Waals surface area contributed by atoms with E-state index in [1.54, 1.807) is 23.9 Å². The number of ether oxygens (including phenoxy) is 1. The second-order valence-electron chi connectivity index (χ2n) is 2.78. The van der Waals surface area contributed by atoms with Crippen LogP contribution < -0.4 is 10.5 Å².